The first-order chi connectivity index (χ1) is 8.63. The highest BCUT2D eigenvalue weighted by atomic mass is 79.9. The Balaban J connectivity index is 2.26. The van der Waals surface area contributed by atoms with Crippen LogP contribution >= 0.6 is 15.9 Å². The molecule has 1 amide bonds. The number of piperidine rings is 1. The van der Waals surface area contributed by atoms with Crippen LogP contribution < -0.4 is 0 Å². The van der Waals surface area contributed by atoms with Gasteiger partial charge in [-0.25, -0.2) is 0 Å². The van der Waals surface area contributed by atoms with Crippen LogP contribution in [0.1, 0.15) is 35.2 Å². The molecule has 0 saturated carbocycles. The maximum Gasteiger partial charge on any atom is 0.257 e. The summed E-state index contributed by atoms with van der Waals surface area (Å²) in [6.45, 7) is 2.71. The summed E-state index contributed by atoms with van der Waals surface area (Å²) in [7, 11) is 0. The second-order valence-corrected chi connectivity index (χ2v) is 5.47. The van der Waals surface area contributed by atoms with E-state index in [0.29, 0.717) is 5.56 Å². The Morgan fingerprint density at radius 1 is 1.50 bits per heavy atom. The van der Waals surface area contributed by atoms with Crippen molar-refractivity contribution in [2.45, 2.75) is 32.2 Å². The van der Waals surface area contributed by atoms with Crippen molar-refractivity contribution in [3.63, 3.8) is 0 Å². The van der Waals surface area contributed by atoms with Gasteiger partial charge >= 0.3 is 0 Å². The number of halogens is 1. The Hall–Kier alpha value is -1.03. The number of alkyl halides is 1. The molecule has 1 aliphatic rings. The summed E-state index contributed by atoms with van der Waals surface area (Å²) in [5, 5.41) is 10.6. The fourth-order valence-corrected chi connectivity index (χ4v) is 3.08. The Morgan fingerprint density at radius 2 is 2.28 bits per heavy atom. The van der Waals surface area contributed by atoms with E-state index in [2.05, 4.69) is 15.9 Å². The lowest BCUT2D eigenvalue weighted by molar-refractivity contribution is 0.0639. The number of nitrogens with zero attached hydrogens (tertiary/aromatic N) is 1. The average Bonchev–Trinajstić information content (AvgIpc) is 2.40. The Morgan fingerprint density at radius 3 is 3.00 bits per heavy atom. The number of hydrogen-bond acceptors (Lipinski definition) is 2. The van der Waals surface area contributed by atoms with E-state index in [-0.39, 0.29) is 17.7 Å². The molecule has 1 aromatic carbocycles. The van der Waals surface area contributed by atoms with Gasteiger partial charge in [-0.3, -0.25) is 4.79 Å². The van der Waals surface area contributed by atoms with E-state index in [1.54, 1.807) is 12.1 Å². The minimum Gasteiger partial charge on any atom is -0.507 e. The van der Waals surface area contributed by atoms with E-state index < -0.39 is 0 Å². The van der Waals surface area contributed by atoms with E-state index in [0.717, 1.165) is 30.3 Å². The molecule has 0 bridgehead atoms. The molecule has 3 nitrogen and oxygen atoms in total. The zero-order valence-electron chi connectivity index (χ0n) is 10.5. The lowest BCUT2D eigenvalue weighted by atomic mass is 10.0. The lowest BCUT2D eigenvalue weighted by Gasteiger charge is -2.35. The number of carbonyl (C=O) groups is 1. The summed E-state index contributed by atoms with van der Waals surface area (Å²) >= 11 is 3.47. The molecular formula is C14H18BrNO2. The molecule has 1 aliphatic heterocycles. The van der Waals surface area contributed by atoms with Crippen LogP contribution in [0.15, 0.2) is 18.2 Å². The van der Waals surface area contributed by atoms with Crippen molar-refractivity contribution in [2.75, 3.05) is 11.9 Å². The molecule has 98 valence electrons. The highest BCUT2D eigenvalue weighted by molar-refractivity contribution is 9.09. The van der Waals surface area contributed by atoms with Crippen molar-refractivity contribution in [3.05, 3.63) is 29.3 Å². The summed E-state index contributed by atoms with van der Waals surface area (Å²) in [5.74, 6) is 0.0184. The topological polar surface area (TPSA) is 40.5 Å². The molecule has 4 heteroatoms. The van der Waals surface area contributed by atoms with Crippen LogP contribution in [-0.2, 0) is 0 Å². The third-order valence-corrected chi connectivity index (χ3v) is 4.20. The maximum atomic E-state index is 12.5. The summed E-state index contributed by atoms with van der Waals surface area (Å²) in [6.07, 6.45) is 3.24. The van der Waals surface area contributed by atoms with Gasteiger partial charge < -0.3 is 10.0 Å². The Kier molecular flexibility index (Phi) is 4.27. The quantitative estimate of drug-likeness (QED) is 0.853. The number of benzene rings is 1. The number of hydrogen-bond donors (Lipinski definition) is 1. The molecule has 1 unspecified atom stereocenters. The van der Waals surface area contributed by atoms with Gasteiger partial charge in [0.2, 0.25) is 0 Å². The normalized spacial score (nSPS) is 19.9. The number of phenolic OH excluding ortho intramolecular Hbond substituents is 1. The number of aromatic hydroxyl groups is 1. The van der Waals surface area contributed by atoms with Gasteiger partial charge in [-0.05, 0) is 38.3 Å². The summed E-state index contributed by atoms with van der Waals surface area (Å²) in [6, 6.07) is 5.41. The number of amides is 1. The summed E-state index contributed by atoms with van der Waals surface area (Å²) < 4.78 is 0. The van der Waals surface area contributed by atoms with Gasteiger partial charge in [-0.1, -0.05) is 27.6 Å². The number of phenols is 1. The van der Waals surface area contributed by atoms with Gasteiger partial charge in [0.15, 0.2) is 0 Å². The number of carbonyl (C=O) groups excluding carboxylic acids is 1. The third kappa shape index (κ3) is 2.69. The predicted octanol–water partition coefficient (Wildman–Crippen LogP) is 3.09. The Labute approximate surface area is 116 Å². The zero-order valence-corrected chi connectivity index (χ0v) is 12.1. The standard InChI is InChI=1S/C14H18BrNO2/c1-10-5-6-13(17)12(8-10)14(18)16-7-3-2-4-11(16)9-15/h5-6,8,11,17H,2-4,7,9H2,1H3. The second-order valence-electron chi connectivity index (χ2n) is 4.82. The number of aryl methyl sites for hydroxylation is 1. The first-order valence-corrected chi connectivity index (χ1v) is 7.42. The zero-order chi connectivity index (χ0) is 13.1. The van der Waals surface area contributed by atoms with Crippen LogP contribution in [0.25, 0.3) is 0 Å². The van der Waals surface area contributed by atoms with Crippen molar-refractivity contribution < 1.29 is 9.90 Å². The fraction of sp³-hybridized carbons (Fsp3) is 0.500. The molecule has 0 aromatic heterocycles. The van der Waals surface area contributed by atoms with Crippen LogP contribution in [0.3, 0.4) is 0 Å². The summed E-state index contributed by atoms with van der Waals surface area (Å²) in [4.78, 5) is 14.4. The third-order valence-electron chi connectivity index (χ3n) is 3.45. The van der Waals surface area contributed by atoms with Crippen LogP contribution in [0.2, 0.25) is 0 Å². The van der Waals surface area contributed by atoms with E-state index >= 15 is 0 Å². The molecule has 0 radical (unpaired) electrons. The van der Waals surface area contributed by atoms with Crippen molar-refractivity contribution in [2.24, 2.45) is 0 Å². The minimum atomic E-state index is -0.0552. The largest absolute Gasteiger partial charge is 0.507 e. The van der Waals surface area contributed by atoms with Crippen LogP contribution in [0.4, 0.5) is 0 Å². The monoisotopic (exact) mass is 311 g/mol. The van der Waals surface area contributed by atoms with Crippen molar-refractivity contribution in [3.8, 4) is 5.75 Å². The van der Waals surface area contributed by atoms with E-state index in [9.17, 15) is 9.90 Å². The average molecular weight is 312 g/mol. The lowest BCUT2D eigenvalue weighted by Crippen LogP contribution is -2.44. The molecule has 1 fully saturated rings. The maximum absolute atomic E-state index is 12.5. The molecular weight excluding hydrogens is 294 g/mol. The van der Waals surface area contributed by atoms with Gasteiger partial charge in [0.05, 0.1) is 5.56 Å². The highest BCUT2D eigenvalue weighted by Gasteiger charge is 2.27. The van der Waals surface area contributed by atoms with Crippen LogP contribution in [0, 0.1) is 6.92 Å². The van der Waals surface area contributed by atoms with Crippen molar-refractivity contribution >= 4 is 21.8 Å². The molecule has 0 spiro atoms. The first kappa shape index (κ1) is 13.4. The first-order valence-electron chi connectivity index (χ1n) is 6.30. The molecule has 1 N–H and O–H groups in total. The van der Waals surface area contributed by atoms with Gasteiger partial charge in [-0.15, -0.1) is 0 Å². The van der Waals surface area contributed by atoms with Gasteiger partial charge in [0.25, 0.3) is 5.91 Å². The summed E-state index contributed by atoms with van der Waals surface area (Å²) in [5.41, 5.74) is 1.41. The molecule has 1 aromatic rings. The molecule has 1 heterocycles. The second kappa shape index (κ2) is 5.74. The van der Waals surface area contributed by atoms with Crippen LogP contribution in [-0.4, -0.2) is 33.8 Å². The Bertz CT molecular complexity index is 447. The van der Waals surface area contributed by atoms with Crippen LogP contribution in [0.5, 0.6) is 5.75 Å². The molecule has 1 atom stereocenters. The number of likely N-dealkylation sites (tertiary alicyclic amines) is 1. The molecule has 1 saturated heterocycles. The fourth-order valence-electron chi connectivity index (χ4n) is 2.40. The van der Waals surface area contributed by atoms with E-state index in [4.69, 9.17) is 0 Å². The van der Waals surface area contributed by atoms with Crippen molar-refractivity contribution in [1.82, 2.24) is 4.90 Å². The molecule has 0 aliphatic carbocycles. The molecule has 2 rings (SSSR count). The van der Waals surface area contributed by atoms with Gasteiger partial charge in [-0.2, -0.15) is 0 Å². The van der Waals surface area contributed by atoms with Gasteiger partial charge in [0.1, 0.15) is 5.75 Å². The number of rotatable bonds is 2. The van der Waals surface area contributed by atoms with E-state index in [1.807, 2.05) is 17.9 Å². The smallest absolute Gasteiger partial charge is 0.257 e. The minimum absolute atomic E-state index is 0.0552. The van der Waals surface area contributed by atoms with Crippen molar-refractivity contribution in [1.29, 1.82) is 0 Å². The van der Waals surface area contributed by atoms with Gasteiger partial charge in [0, 0.05) is 17.9 Å². The highest BCUT2D eigenvalue weighted by Crippen LogP contribution is 2.25. The molecule has 18 heavy (non-hydrogen) atoms. The predicted molar refractivity (Wildman–Crippen MR) is 75.3 cm³/mol. The van der Waals surface area contributed by atoms with E-state index in [1.165, 1.54) is 6.42 Å². The SMILES string of the molecule is Cc1ccc(O)c(C(=O)N2CCCCC2CBr)c1.